The Labute approximate surface area is 131 Å². The number of nitro groups is 1. The van der Waals surface area contributed by atoms with Gasteiger partial charge in [-0.05, 0) is 14.0 Å². The van der Waals surface area contributed by atoms with E-state index in [1.54, 1.807) is 17.5 Å². The molecule has 0 saturated heterocycles. The van der Waals surface area contributed by atoms with Gasteiger partial charge in [0.2, 0.25) is 0 Å². The SMILES string of the molecule is CNC(C)CNC(=O)c1csc(-c2cccc([N+](=O)[O-])c2)n1. The lowest BCUT2D eigenvalue weighted by Crippen LogP contribution is -2.37. The maximum atomic E-state index is 12.0. The lowest BCUT2D eigenvalue weighted by atomic mass is 10.2. The number of nitro benzene ring substituents is 1. The number of rotatable bonds is 6. The number of benzene rings is 1. The summed E-state index contributed by atoms with van der Waals surface area (Å²) in [5, 5.41) is 18.8. The average Bonchev–Trinajstić information content (AvgIpc) is 3.02. The van der Waals surface area contributed by atoms with Gasteiger partial charge >= 0.3 is 0 Å². The van der Waals surface area contributed by atoms with Crippen LogP contribution in [0, 0.1) is 10.1 Å². The first-order valence-corrected chi connectivity index (χ1v) is 7.55. The van der Waals surface area contributed by atoms with Crippen molar-refractivity contribution >= 4 is 22.9 Å². The quantitative estimate of drug-likeness (QED) is 0.627. The van der Waals surface area contributed by atoms with Gasteiger partial charge in [0, 0.05) is 35.7 Å². The van der Waals surface area contributed by atoms with Crippen LogP contribution in [0.25, 0.3) is 10.6 Å². The van der Waals surface area contributed by atoms with Gasteiger partial charge in [-0.3, -0.25) is 14.9 Å². The minimum atomic E-state index is -0.455. The van der Waals surface area contributed by atoms with Crippen LogP contribution >= 0.6 is 11.3 Å². The number of carbonyl (C=O) groups excluding carboxylic acids is 1. The number of nitrogens with one attached hydrogen (secondary N) is 2. The third-order valence-electron chi connectivity index (χ3n) is 3.10. The topological polar surface area (TPSA) is 97.2 Å². The van der Waals surface area contributed by atoms with E-state index in [0.29, 0.717) is 22.8 Å². The normalized spacial score (nSPS) is 11.9. The smallest absolute Gasteiger partial charge is 0.270 e. The maximum absolute atomic E-state index is 12.0. The summed E-state index contributed by atoms with van der Waals surface area (Å²) in [5.74, 6) is -0.255. The number of amides is 1. The number of hydrogen-bond acceptors (Lipinski definition) is 6. The van der Waals surface area contributed by atoms with Crippen LogP contribution in [0.1, 0.15) is 17.4 Å². The van der Waals surface area contributed by atoms with Crippen molar-refractivity contribution in [1.82, 2.24) is 15.6 Å². The molecule has 0 spiro atoms. The standard InChI is InChI=1S/C14H16N4O3S/c1-9(15-2)7-16-13(19)12-8-22-14(17-12)10-4-3-5-11(6-10)18(20)21/h3-6,8-9,15H,7H2,1-2H3,(H,16,19). The van der Waals surface area contributed by atoms with Gasteiger partial charge in [-0.25, -0.2) is 4.98 Å². The van der Waals surface area contributed by atoms with Crippen molar-refractivity contribution in [3.8, 4) is 10.6 Å². The van der Waals surface area contributed by atoms with Crippen molar-refractivity contribution in [2.24, 2.45) is 0 Å². The van der Waals surface area contributed by atoms with Crippen molar-refractivity contribution in [1.29, 1.82) is 0 Å². The molecule has 0 fully saturated rings. The molecule has 1 atom stereocenters. The first-order valence-electron chi connectivity index (χ1n) is 6.67. The molecule has 2 aromatic rings. The van der Waals surface area contributed by atoms with Crippen LogP contribution in [0.2, 0.25) is 0 Å². The van der Waals surface area contributed by atoms with E-state index in [1.807, 2.05) is 14.0 Å². The highest BCUT2D eigenvalue weighted by Crippen LogP contribution is 2.26. The van der Waals surface area contributed by atoms with Crippen molar-refractivity contribution < 1.29 is 9.72 Å². The van der Waals surface area contributed by atoms with Crippen LogP contribution < -0.4 is 10.6 Å². The second kappa shape index (κ2) is 7.10. The molecule has 1 amide bonds. The monoisotopic (exact) mass is 320 g/mol. The van der Waals surface area contributed by atoms with E-state index in [1.165, 1.54) is 23.5 Å². The fourth-order valence-corrected chi connectivity index (χ4v) is 2.50. The number of non-ortho nitro benzene ring substituents is 1. The van der Waals surface area contributed by atoms with Crippen molar-refractivity contribution in [3.05, 3.63) is 45.5 Å². The fraction of sp³-hybridized carbons (Fsp3) is 0.286. The molecule has 0 radical (unpaired) electrons. The number of nitrogens with zero attached hydrogens (tertiary/aromatic N) is 2. The van der Waals surface area contributed by atoms with E-state index < -0.39 is 4.92 Å². The number of likely N-dealkylation sites (N-methyl/N-ethyl adjacent to an activating group) is 1. The summed E-state index contributed by atoms with van der Waals surface area (Å²) < 4.78 is 0. The van der Waals surface area contributed by atoms with Crippen LogP contribution in [-0.4, -0.2) is 35.4 Å². The molecular weight excluding hydrogens is 304 g/mol. The molecule has 1 aromatic carbocycles. The fourth-order valence-electron chi connectivity index (χ4n) is 1.70. The molecule has 1 unspecified atom stereocenters. The summed E-state index contributed by atoms with van der Waals surface area (Å²) in [6, 6.07) is 6.37. The molecule has 0 aliphatic rings. The molecule has 1 heterocycles. The van der Waals surface area contributed by atoms with Crippen molar-refractivity contribution in [2.75, 3.05) is 13.6 Å². The van der Waals surface area contributed by atoms with E-state index in [2.05, 4.69) is 15.6 Å². The zero-order chi connectivity index (χ0) is 16.1. The highest BCUT2D eigenvalue weighted by atomic mass is 32.1. The number of carbonyl (C=O) groups is 1. The van der Waals surface area contributed by atoms with Gasteiger partial charge in [-0.15, -0.1) is 11.3 Å². The summed E-state index contributed by atoms with van der Waals surface area (Å²) in [4.78, 5) is 26.6. The first kappa shape index (κ1) is 16.1. The predicted octanol–water partition coefficient (Wildman–Crippen LogP) is 2.06. The Balaban J connectivity index is 2.12. The third-order valence-corrected chi connectivity index (χ3v) is 3.99. The highest BCUT2D eigenvalue weighted by molar-refractivity contribution is 7.13. The number of hydrogen-bond donors (Lipinski definition) is 2. The zero-order valence-electron chi connectivity index (χ0n) is 12.2. The minimum Gasteiger partial charge on any atom is -0.349 e. The zero-order valence-corrected chi connectivity index (χ0v) is 13.0. The summed E-state index contributed by atoms with van der Waals surface area (Å²) in [7, 11) is 1.82. The average molecular weight is 320 g/mol. The molecule has 8 heteroatoms. The van der Waals surface area contributed by atoms with Crippen LogP contribution in [0.15, 0.2) is 29.6 Å². The molecule has 0 bridgehead atoms. The van der Waals surface area contributed by atoms with Gasteiger partial charge in [0.05, 0.1) is 4.92 Å². The van der Waals surface area contributed by atoms with E-state index in [9.17, 15) is 14.9 Å². The molecule has 116 valence electrons. The molecular formula is C14H16N4O3S. The number of aromatic nitrogens is 1. The third kappa shape index (κ3) is 3.86. The second-order valence-electron chi connectivity index (χ2n) is 4.75. The van der Waals surface area contributed by atoms with Gasteiger partial charge in [-0.1, -0.05) is 12.1 Å². The Bertz CT molecular complexity index is 686. The second-order valence-corrected chi connectivity index (χ2v) is 5.60. The van der Waals surface area contributed by atoms with Gasteiger partial charge < -0.3 is 10.6 Å². The minimum absolute atomic E-state index is 0.00143. The molecule has 22 heavy (non-hydrogen) atoms. The Kier molecular flexibility index (Phi) is 5.18. The lowest BCUT2D eigenvalue weighted by Gasteiger charge is -2.10. The van der Waals surface area contributed by atoms with E-state index in [0.717, 1.165) is 0 Å². The van der Waals surface area contributed by atoms with Gasteiger partial charge in [0.15, 0.2) is 0 Å². The van der Waals surface area contributed by atoms with E-state index in [-0.39, 0.29) is 17.6 Å². The molecule has 7 nitrogen and oxygen atoms in total. The van der Waals surface area contributed by atoms with Crippen LogP contribution in [0.5, 0.6) is 0 Å². The summed E-state index contributed by atoms with van der Waals surface area (Å²) in [6.07, 6.45) is 0. The van der Waals surface area contributed by atoms with Gasteiger partial charge in [-0.2, -0.15) is 0 Å². The Morgan fingerprint density at radius 1 is 1.50 bits per heavy atom. The first-order chi connectivity index (χ1) is 10.5. The maximum Gasteiger partial charge on any atom is 0.270 e. The van der Waals surface area contributed by atoms with Crippen LogP contribution in [0.3, 0.4) is 0 Å². The van der Waals surface area contributed by atoms with Crippen LogP contribution in [-0.2, 0) is 0 Å². The Morgan fingerprint density at radius 3 is 2.95 bits per heavy atom. The van der Waals surface area contributed by atoms with E-state index in [4.69, 9.17) is 0 Å². The Morgan fingerprint density at radius 2 is 2.27 bits per heavy atom. The summed E-state index contributed by atoms with van der Waals surface area (Å²) in [6.45, 7) is 2.45. The molecule has 0 aliphatic heterocycles. The Hall–Kier alpha value is -2.32. The molecule has 0 aliphatic carbocycles. The molecule has 2 N–H and O–H groups in total. The molecule has 2 rings (SSSR count). The predicted molar refractivity (Wildman–Crippen MR) is 85.1 cm³/mol. The highest BCUT2D eigenvalue weighted by Gasteiger charge is 2.14. The van der Waals surface area contributed by atoms with E-state index >= 15 is 0 Å². The van der Waals surface area contributed by atoms with Gasteiger partial charge in [0.1, 0.15) is 10.7 Å². The summed E-state index contributed by atoms with van der Waals surface area (Å²) >= 11 is 1.28. The largest absolute Gasteiger partial charge is 0.349 e. The molecule has 0 saturated carbocycles. The van der Waals surface area contributed by atoms with Gasteiger partial charge in [0.25, 0.3) is 11.6 Å². The lowest BCUT2D eigenvalue weighted by molar-refractivity contribution is -0.384. The van der Waals surface area contributed by atoms with Crippen LogP contribution in [0.4, 0.5) is 5.69 Å². The van der Waals surface area contributed by atoms with Crippen molar-refractivity contribution in [2.45, 2.75) is 13.0 Å². The summed E-state index contributed by atoms with van der Waals surface area (Å²) in [5.41, 5.74) is 0.943. The van der Waals surface area contributed by atoms with Crippen molar-refractivity contribution in [3.63, 3.8) is 0 Å². The molecule has 1 aromatic heterocycles. The number of thiazole rings is 1.